The highest BCUT2D eigenvalue weighted by molar-refractivity contribution is 5.48. The molecular formula is C16H24N6O. The van der Waals surface area contributed by atoms with E-state index >= 15 is 0 Å². The van der Waals surface area contributed by atoms with Crippen molar-refractivity contribution in [3.8, 4) is 0 Å². The molecule has 0 amide bonds. The third-order valence-electron chi connectivity index (χ3n) is 5.19. The van der Waals surface area contributed by atoms with Gasteiger partial charge in [0.2, 0.25) is 0 Å². The predicted molar refractivity (Wildman–Crippen MR) is 87.6 cm³/mol. The fraction of sp³-hybridized carbons (Fsp3) is 0.688. The largest absolute Gasteiger partial charge is 0.395 e. The molecule has 2 aliphatic rings. The van der Waals surface area contributed by atoms with Crippen molar-refractivity contribution in [2.24, 2.45) is 0 Å². The standard InChI is InChI=1S/C16H24N6O/c1-12-8-15(22-16(19-12)17-11-18-22)21-7-3-4-13(21)9-20-6-2-5-14(20)10-23/h8,11,13-14,23H,2-7,9-10H2,1H3. The van der Waals surface area contributed by atoms with Crippen LogP contribution in [0.15, 0.2) is 12.4 Å². The Hall–Kier alpha value is -1.73. The fourth-order valence-electron chi connectivity index (χ4n) is 4.06. The van der Waals surface area contributed by atoms with Gasteiger partial charge in [-0.1, -0.05) is 0 Å². The van der Waals surface area contributed by atoms with E-state index in [9.17, 15) is 5.11 Å². The van der Waals surface area contributed by atoms with Crippen molar-refractivity contribution >= 4 is 11.6 Å². The van der Waals surface area contributed by atoms with Crippen molar-refractivity contribution in [1.29, 1.82) is 0 Å². The van der Waals surface area contributed by atoms with Crippen molar-refractivity contribution < 1.29 is 5.11 Å². The number of hydrogen-bond acceptors (Lipinski definition) is 6. The molecule has 23 heavy (non-hydrogen) atoms. The van der Waals surface area contributed by atoms with Crippen molar-refractivity contribution in [3.63, 3.8) is 0 Å². The molecule has 1 N–H and O–H groups in total. The smallest absolute Gasteiger partial charge is 0.254 e. The normalized spacial score (nSPS) is 25.7. The molecule has 2 aromatic heterocycles. The van der Waals surface area contributed by atoms with Gasteiger partial charge in [0.1, 0.15) is 12.1 Å². The SMILES string of the molecule is Cc1cc(N2CCCC2CN2CCCC2CO)n2ncnc2n1. The lowest BCUT2D eigenvalue weighted by Gasteiger charge is -2.32. The number of anilines is 1. The molecule has 0 bridgehead atoms. The molecule has 2 aliphatic heterocycles. The van der Waals surface area contributed by atoms with E-state index in [1.54, 1.807) is 6.33 Å². The molecule has 0 saturated carbocycles. The first-order valence-electron chi connectivity index (χ1n) is 8.55. The Morgan fingerprint density at radius 3 is 2.91 bits per heavy atom. The first-order valence-corrected chi connectivity index (χ1v) is 8.55. The van der Waals surface area contributed by atoms with Crippen LogP contribution in [-0.2, 0) is 0 Å². The molecule has 0 radical (unpaired) electrons. The van der Waals surface area contributed by atoms with Crippen LogP contribution in [0.3, 0.4) is 0 Å². The van der Waals surface area contributed by atoms with Crippen LogP contribution < -0.4 is 4.90 Å². The molecule has 7 nitrogen and oxygen atoms in total. The van der Waals surface area contributed by atoms with Gasteiger partial charge in [0.25, 0.3) is 5.78 Å². The summed E-state index contributed by atoms with van der Waals surface area (Å²) in [5, 5.41) is 13.9. The van der Waals surface area contributed by atoms with Gasteiger partial charge in [-0.2, -0.15) is 14.6 Å². The second kappa shape index (κ2) is 6.05. The Bertz CT molecular complexity index is 686. The highest BCUT2D eigenvalue weighted by Gasteiger charge is 2.32. The van der Waals surface area contributed by atoms with Crippen LogP contribution in [0.4, 0.5) is 5.82 Å². The van der Waals surface area contributed by atoms with E-state index < -0.39 is 0 Å². The van der Waals surface area contributed by atoms with Crippen LogP contribution in [0.5, 0.6) is 0 Å². The minimum absolute atomic E-state index is 0.272. The Kier molecular flexibility index (Phi) is 3.90. The molecule has 0 aromatic carbocycles. The number of aryl methyl sites for hydroxylation is 1. The minimum atomic E-state index is 0.272. The quantitative estimate of drug-likeness (QED) is 0.902. The van der Waals surface area contributed by atoms with Gasteiger partial charge in [-0.15, -0.1) is 0 Å². The van der Waals surface area contributed by atoms with Gasteiger partial charge in [0.05, 0.1) is 6.61 Å². The average Bonchev–Trinajstić information content (AvgIpc) is 3.26. The van der Waals surface area contributed by atoms with Gasteiger partial charge in [0, 0.05) is 36.9 Å². The van der Waals surface area contributed by atoms with Crippen LogP contribution in [0.25, 0.3) is 5.78 Å². The lowest BCUT2D eigenvalue weighted by Crippen LogP contribution is -2.44. The molecule has 2 aromatic rings. The van der Waals surface area contributed by atoms with E-state index in [1.165, 1.54) is 19.3 Å². The molecule has 4 rings (SSSR count). The first kappa shape index (κ1) is 14.8. The molecule has 2 saturated heterocycles. The average molecular weight is 316 g/mol. The van der Waals surface area contributed by atoms with Crippen molar-refractivity contribution in [2.45, 2.75) is 44.7 Å². The summed E-state index contributed by atoms with van der Waals surface area (Å²) in [4.78, 5) is 13.6. The summed E-state index contributed by atoms with van der Waals surface area (Å²) in [5.74, 6) is 1.76. The van der Waals surface area contributed by atoms with Crippen molar-refractivity contribution in [3.05, 3.63) is 18.1 Å². The topological polar surface area (TPSA) is 69.8 Å². The van der Waals surface area contributed by atoms with E-state index in [-0.39, 0.29) is 6.61 Å². The summed E-state index contributed by atoms with van der Waals surface area (Å²) in [6.07, 6.45) is 6.26. The summed E-state index contributed by atoms with van der Waals surface area (Å²) >= 11 is 0. The third-order valence-corrected chi connectivity index (χ3v) is 5.19. The molecule has 4 heterocycles. The highest BCUT2D eigenvalue weighted by atomic mass is 16.3. The Balaban J connectivity index is 1.60. The zero-order valence-corrected chi connectivity index (χ0v) is 13.6. The summed E-state index contributed by atoms with van der Waals surface area (Å²) < 4.78 is 1.85. The number of nitrogens with zero attached hydrogens (tertiary/aromatic N) is 6. The molecular weight excluding hydrogens is 292 g/mol. The second-order valence-corrected chi connectivity index (χ2v) is 6.69. The van der Waals surface area contributed by atoms with E-state index in [4.69, 9.17) is 0 Å². The molecule has 2 unspecified atom stereocenters. The molecule has 2 atom stereocenters. The van der Waals surface area contributed by atoms with Crippen LogP contribution in [0, 0.1) is 6.92 Å². The van der Waals surface area contributed by atoms with Gasteiger partial charge in [-0.25, -0.2) is 4.98 Å². The summed E-state index contributed by atoms with van der Waals surface area (Å²) in [5.41, 5.74) is 0.973. The monoisotopic (exact) mass is 316 g/mol. The first-order chi connectivity index (χ1) is 11.3. The van der Waals surface area contributed by atoms with Crippen molar-refractivity contribution in [1.82, 2.24) is 24.5 Å². The van der Waals surface area contributed by atoms with Crippen LogP contribution >= 0.6 is 0 Å². The van der Waals surface area contributed by atoms with Gasteiger partial charge in [-0.05, 0) is 39.2 Å². The maximum atomic E-state index is 9.56. The zero-order valence-electron chi connectivity index (χ0n) is 13.6. The van der Waals surface area contributed by atoms with E-state index in [2.05, 4.69) is 30.9 Å². The predicted octanol–water partition coefficient (Wildman–Crippen LogP) is 0.858. The maximum absolute atomic E-state index is 9.56. The maximum Gasteiger partial charge on any atom is 0.254 e. The Morgan fingerprint density at radius 2 is 2.04 bits per heavy atom. The lowest BCUT2D eigenvalue weighted by molar-refractivity contribution is 0.153. The number of hydrogen-bond donors (Lipinski definition) is 1. The molecule has 0 spiro atoms. The van der Waals surface area contributed by atoms with Gasteiger partial charge in [-0.3, -0.25) is 4.90 Å². The van der Waals surface area contributed by atoms with E-state index in [0.717, 1.165) is 37.6 Å². The fourth-order valence-corrected chi connectivity index (χ4v) is 4.06. The van der Waals surface area contributed by atoms with Gasteiger partial charge in [0.15, 0.2) is 0 Å². The molecule has 2 fully saturated rings. The summed E-state index contributed by atoms with van der Waals surface area (Å²) in [7, 11) is 0. The summed E-state index contributed by atoms with van der Waals surface area (Å²) in [6, 6.07) is 2.91. The van der Waals surface area contributed by atoms with Crippen LogP contribution in [0.2, 0.25) is 0 Å². The number of likely N-dealkylation sites (tertiary alicyclic amines) is 1. The third kappa shape index (κ3) is 2.68. The van der Waals surface area contributed by atoms with Gasteiger partial charge >= 0.3 is 0 Å². The van der Waals surface area contributed by atoms with Crippen LogP contribution in [0.1, 0.15) is 31.4 Å². The van der Waals surface area contributed by atoms with Crippen LogP contribution in [-0.4, -0.2) is 67.9 Å². The number of aliphatic hydroxyl groups excluding tert-OH is 1. The molecule has 124 valence electrons. The molecule has 0 aliphatic carbocycles. The minimum Gasteiger partial charge on any atom is -0.395 e. The lowest BCUT2D eigenvalue weighted by atomic mass is 10.2. The summed E-state index contributed by atoms with van der Waals surface area (Å²) in [6.45, 7) is 5.44. The Morgan fingerprint density at radius 1 is 1.22 bits per heavy atom. The van der Waals surface area contributed by atoms with Gasteiger partial charge < -0.3 is 10.0 Å². The Labute approximate surface area is 135 Å². The van der Waals surface area contributed by atoms with E-state index in [0.29, 0.717) is 17.9 Å². The number of fused-ring (bicyclic) bond motifs is 1. The zero-order chi connectivity index (χ0) is 15.8. The van der Waals surface area contributed by atoms with Crippen molar-refractivity contribution in [2.75, 3.05) is 31.1 Å². The number of rotatable bonds is 4. The second-order valence-electron chi connectivity index (χ2n) is 6.69. The number of aromatic nitrogens is 4. The highest BCUT2D eigenvalue weighted by Crippen LogP contribution is 2.28. The number of aliphatic hydroxyl groups is 1. The van der Waals surface area contributed by atoms with E-state index in [1.807, 2.05) is 11.4 Å². The molecule has 7 heteroatoms.